The third kappa shape index (κ3) is 6.46. The molecule has 7 nitrogen and oxygen atoms in total. The number of hydrogen-bond acceptors (Lipinski definition) is 5. The Morgan fingerprint density at radius 2 is 1.56 bits per heavy atom. The second-order valence-corrected chi connectivity index (χ2v) is 7.72. The van der Waals surface area contributed by atoms with Gasteiger partial charge < -0.3 is 25.2 Å². The van der Waals surface area contributed by atoms with Crippen LogP contribution in [-0.4, -0.2) is 91.6 Å². The highest BCUT2D eigenvalue weighted by Gasteiger charge is 2.35. The lowest BCUT2D eigenvalue weighted by Crippen LogP contribution is -2.48. The summed E-state index contributed by atoms with van der Waals surface area (Å²) in [5, 5.41) is 0. The highest BCUT2D eigenvalue weighted by atomic mass is 35.5. The van der Waals surface area contributed by atoms with Crippen LogP contribution in [0.1, 0.15) is 32.1 Å². The van der Waals surface area contributed by atoms with Crippen molar-refractivity contribution < 1.29 is 14.3 Å². The van der Waals surface area contributed by atoms with Crippen LogP contribution in [0.5, 0.6) is 0 Å². The monoisotopic (exact) mass is 424 g/mol. The molecule has 0 aromatic heterocycles. The van der Waals surface area contributed by atoms with Crippen LogP contribution < -0.4 is 5.73 Å². The van der Waals surface area contributed by atoms with Gasteiger partial charge >= 0.3 is 0 Å². The summed E-state index contributed by atoms with van der Waals surface area (Å²) in [7, 11) is 2.10. The van der Waals surface area contributed by atoms with Gasteiger partial charge in [0.1, 0.15) is 6.10 Å². The Balaban J connectivity index is 0.00000182. The summed E-state index contributed by atoms with van der Waals surface area (Å²) in [6.45, 7) is 5.58. The molecule has 0 unspecified atom stereocenters. The molecule has 2 amide bonds. The van der Waals surface area contributed by atoms with Crippen molar-refractivity contribution in [3.63, 3.8) is 0 Å². The number of nitrogens with zero attached hydrogens (tertiary/aromatic N) is 3. The Labute approximate surface area is 174 Å². The van der Waals surface area contributed by atoms with Crippen LogP contribution in [0.4, 0.5) is 0 Å². The van der Waals surface area contributed by atoms with Crippen molar-refractivity contribution >= 4 is 36.6 Å². The van der Waals surface area contributed by atoms with E-state index in [9.17, 15) is 9.59 Å². The number of carbonyl (C=O) groups is 2. The largest absolute Gasteiger partial charge is 0.364 e. The van der Waals surface area contributed by atoms with Gasteiger partial charge in [0, 0.05) is 52.2 Å². The molecule has 3 aliphatic heterocycles. The van der Waals surface area contributed by atoms with Crippen LogP contribution in [0.3, 0.4) is 0 Å². The number of carbonyl (C=O) groups excluding carboxylic acids is 2. The topological polar surface area (TPSA) is 79.1 Å². The lowest BCUT2D eigenvalue weighted by molar-refractivity contribution is -0.144. The van der Waals surface area contributed by atoms with Crippen LogP contribution in [-0.2, 0) is 14.3 Å². The maximum atomic E-state index is 12.5. The summed E-state index contributed by atoms with van der Waals surface area (Å²) in [6, 6.07) is 0. The zero-order valence-electron chi connectivity index (χ0n) is 16.2. The van der Waals surface area contributed by atoms with Gasteiger partial charge in [0.25, 0.3) is 5.91 Å². The van der Waals surface area contributed by atoms with Crippen molar-refractivity contribution in [1.82, 2.24) is 14.7 Å². The van der Waals surface area contributed by atoms with Crippen LogP contribution in [0.25, 0.3) is 0 Å². The minimum Gasteiger partial charge on any atom is -0.364 e. The molecule has 0 aromatic carbocycles. The molecule has 158 valence electrons. The number of halogens is 2. The molecule has 0 aromatic rings. The van der Waals surface area contributed by atoms with Gasteiger partial charge in [-0.1, -0.05) is 0 Å². The van der Waals surface area contributed by atoms with Gasteiger partial charge in [-0.3, -0.25) is 9.59 Å². The second-order valence-electron chi connectivity index (χ2n) is 7.72. The lowest BCUT2D eigenvalue weighted by atomic mass is 9.92. The highest BCUT2D eigenvalue weighted by molar-refractivity contribution is 5.85. The molecule has 3 saturated heterocycles. The first-order valence-corrected chi connectivity index (χ1v) is 9.67. The zero-order chi connectivity index (χ0) is 17.8. The van der Waals surface area contributed by atoms with Crippen molar-refractivity contribution in [2.45, 2.75) is 44.3 Å². The van der Waals surface area contributed by atoms with Crippen LogP contribution in [0.2, 0.25) is 0 Å². The van der Waals surface area contributed by atoms with Crippen molar-refractivity contribution in [2.24, 2.45) is 11.7 Å². The molecule has 9 heteroatoms. The normalized spacial score (nSPS) is 27.0. The summed E-state index contributed by atoms with van der Waals surface area (Å²) >= 11 is 0. The van der Waals surface area contributed by atoms with Crippen LogP contribution >= 0.6 is 24.8 Å². The van der Waals surface area contributed by atoms with E-state index in [4.69, 9.17) is 10.5 Å². The maximum Gasteiger partial charge on any atom is 0.251 e. The smallest absolute Gasteiger partial charge is 0.251 e. The molecule has 0 radical (unpaired) electrons. The molecular formula is C18H34Cl2N4O3. The van der Waals surface area contributed by atoms with E-state index in [-0.39, 0.29) is 48.8 Å². The number of ether oxygens (including phenoxy) is 1. The standard InChI is InChI=1S/C18H32N4O3.2ClH/c1-20-8-10-21(11-9-20)17(23)12-14-4-6-22(7-5-14)18(24)16-3-2-15(13-19)25-16;;/h14-16H,2-13,19H2,1H3;2*1H/t15-,16+;;/m1../s1. The predicted molar refractivity (Wildman–Crippen MR) is 109 cm³/mol. The molecule has 2 N–H and O–H groups in total. The van der Waals surface area contributed by atoms with E-state index in [1.807, 2.05) is 9.80 Å². The van der Waals surface area contributed by atoms with Crippen molar-refractivity contribution in [1.29, 1.82) is 0 Å². The Morgan fingerprint density at radius 3 is 2.11 bits per heavy atom. The maximum absolute atomic E-state index is 12.5. The van der Waals surface area contributed by atoms with E-state index in [0.717, 1.165) is 65.0 Å². The van der Waals surface area contributed by atoms with E-state index in [2.05, 4.69) is 11.9 Å². The minimum atomic E-state index is -0.308. The first-order chi connectivity index (χ1) is 12.1. The molecule has 0 spiro atoms. The molecule has 0 aliphatic carbocycles. The molecule has 3 aliphatic rings. The lowest BCUT2D eigenvalue weighted by Gasteiger charge is -2.36. The number of piperidine rings is 1. The molecular weight excluding hydrogens is 391 g/mol. The Morgan fingerprint density at radius 1 is 0.926 bits per heavy atom. The van der Waals surface area contributed by atoms with Crippen LogP contribution in [0.15, 0.2) is 0 Å². The molecule has 0 saturated carbocycles. The summed E-state index contributed by atoms with van der Waals surface area (Å²) in [6.07, 6.45) is 3.84. The average molecular weight is 425 g/mol. The third-order valence-electron chi connectivity index (χ3n) is 5.89. The zero-order valence-corrected chi connectivity index (χ0v) is 17.8. The van der Waals surface area contributed by atoms with Crippen LogP contribution in [0, 0.1) is 5.92 Å². The average Bonchev–Trinajstić information content (AvgIpc) is 3.11. The van der Waals surface area contributed by atoms with E-state index in [1.165, 1.54) is 0 Å². The van der Waals surface area contributed by atoms with Crippen molar-refractivity contribution in [3.05, 3.63) is 0 Å². The Hall–Kier alpha value is -0.600. The van der Waals surface area contributed by atoms with Gasteiger partial charge in [-0.2, -0.15) is 0 Å². The highest BCUT2D eigenvalue weighted by Crippen LogP contribution is 2.25. The van der Waals surface area contributed by atoms with E-state index in [1.54, 1.807) is 0 Å². The summed E-state index contributed by atoms with van der Waals surface area (Å²) in [4.78, 5) is 31.2. The van der Waals surface area contributed by atoms with E-state index in [0.29, 0.717) is 18.9 Å². The van der Waals surface area contributed by atoms with Gasteiger partial charge in [0.2, 0.25) is 5.91 Å². The number of rotatable bonds is 4. The molecule has 2 atom stereocenters. The quantitative estimate of drug-likeness (QED) is 0.719. The fraction of sp³-hybridized carbons (Fsp3) is 0.889. The molecule has 3 heterocycles. The van der Waals surface area contributed by atoms with Gasteiger partial charge in [0.15, 0.2) is 0 Å². The van der Waals surface area contributed by atoms with E-state index < -0.39 is 0 Å². The Kier molecular flexibility index (Phi) is 10.3. The predicted octanol–water partition coefficient (Wildman–Crippen LogP) is 0.739. The van der Waals surface area contributed by atoms with E-state index >= 15 is 0 Å². The SMILES string of the molecule is CN1CCN(C(=O)CC2CCN(C(=O)[C@@H]3CC[C@H](CN)O3)CC2)CC1.Cl.Cl. The van der Waals surface area contributed by atoms with Gasteiger partial charge in [-0.25, -0.2) is 0 Å². The number of hydrogen-bond donors (Lipinski definition) is 1. The summed E-state index contributed by atoms with van der Waals surface area (Å²) in [5.74, 6) is 0.792. The first-order valence-electron chi connectivity index (χ1n) is 9.67. The molecule has 27 heavy (non-hydrogen) atoms. The first kappa shape index (κ1) is 24.4. The molecule has 3 rings (SSSR count). The number of amides is 2. The number of nitrogens with two attached hydrogens (primary N) is 1. The number of likely N-dealkylation sites (tertiary alicyclic amines) is 1. The molecule has 3 fully saturated rings. The second kappa shape index (κ2) is 11.4. The minimum absolute atomic E-state index is 0. The summed E-state index contributed by atoms with van der Waals surface area (Å²) < 4.78 is 5.72. The number of likely N-dealkylation sites (N-methyl/N-ethyl adjacent to an activating group) is 1. The number of piperazine rings is 1. The van der Waals surface area contributed by atoms with Gasteiger partial charge in [-0.15, -0.1) is 24.8 Å². The molecule has 0 bridgehead atoms. The van der Waals surface area contributed by atoms with Crippen molar-refractivity contribution in [3.8, 4) is 0 Å². The van der Waals surface area contributed by atoms with Crippen molar-refractivity contribution in [2.75, 3.05) is 52.9 Å². The Bertz CT molecular complexity index is 481. The third-order valence-corrected chi connectivity index (χ3v) is 5.89. The fourth-order valence-corrected chi connectivity index (χ4v) is 4.05. The van der Waals surface area contributed by atoms with Gasteiger partial charge in [-0.05, 0) is 38.6 Å². The summed E-state index contributed by atoms with van der Waals surface area (Å²) in [5.41, 5.74) is 5.62. The van der Waals surface area contributed by atoms with Gasteiger partial charge in [0.05, 0.1) is 6.10 Å². The fourth-order valence-electron chi connectivity index (χ4n) is 4.05.